The maximum absolute atomic E-state index is 12.4. The highest BCUT2D eigenvalue weighted by Crippen LogP contribution is 2.37. The van der Waals surface area contributed by atoms with E-state index < -0.39 is 0 Å². The zero-order valence-electron chi connectivity index (χ0n) is 16.7. The number of Topliss-reactive ketones (excluding diaryl/α,β-unsaturated/α-hetero) is 1. The molecule has 1 unspecified atom stereocenters. The molecule has 1 atom stereocenters. The third kappa shape index (κ3) is 3.22. The van der Waals surface area contributed by atoms with Crippen LogP contribution in [0.15, 0.2) is 48.8 Å². The molecule has 31 heavy (non-hydrogen) atoms. The van der Waals surface area contributed by atoms with E-state index in [1.54, 1.807) is 12.4 Å². The van der Waals surface area contributed by atoms with Gasteiger partial charge in [0.1, 0.15) is 11.6 Å². The first-order chi connectivity index (χ1) is 15.2. The summed E-state index contributed by atoms with van der Waals surface area (Å²) in [6, 6.07) is 11.4. The summed E-state index contributed by atoms with van der Waals surface area (Å²) in [6.07, 6.45) is 6.17. The summed E-state index contributed by atoms with van der Waals surface area (Å²) in [5.41, 5.74) is 4.27. The van der Waals surface area contributed by atoms with Crippen LogP contribution in [0.3, 0.4) is 0 Å². The first kappa shape index (κ1) is 18.1. The van der Waals surface area contributed by atoms with Crippen molar-refractivity contribution in [1.29, 1.82) is 0 Å². The number of nitrogens with zero attached hydrogens (tertiary/aromatic N) is 3. The van der Waals surface area contributed by atoms with Crippen molar-refractivity contribution in [2.24, 2.45) is 5.92 Å². The van der Waals surface area contributed by atoms with Crippen LogP contribution in [-0.4, -0.2) is 37.7 Å². The van der Waals surface area contributed by atoms with Gasteiger partial charge in [-0.3, -0.25) is 9.89 Å². The van der Waals surface area contributed by atoms with Gasteiger partial charge in [-0.15, -0.1) is 0 Å². The zero-order valence-corrected chi connectivity index (χ0v) is 16.7. The van der Waals surface area contributed by atoms with Crippen molar-refractivity contribution in [2.45, 2.75) is 25.2 Å². The van der Waals surface area contributed by atoms with E-state index in [1.165, 1.54) is 0 Å². The second-order valence-electron chi connectivity index (χ2n) is 8.30. The predicted molar refractivity (Wildman–Crippen MR) is 114 cm³/mol. The molecule has 2 aromatic carbocycles. The zero-order chi connectivity index (χ0) is 20.9. The van der Waals surface area contributed by atoms with Crippen molar-refractivity contribution in [3.05, 3.63) is 65.7 Å². The molecule has 7 nitrogen and oxygen atoms in total. The fourth-order valence-corrected chi connectivity index (χ4v) is 4.20. The molecule has 0 radical (unpaired) electrons. The average molecular weight is 412 g/mol. The Morgan fingerprint density at radius 1 is 1.10 bits per heavy atom. The molecule has 0 bridgehead atoms. The molecule has 1 aliphatic heterocycles. The lowest BCUT2D eigenvalue weighted by atomic mass is 9.93. The number of ketones is 1. The van der Waals surface area contributed by atoms with Gasteiger partial charge < -0.3 is 9.84 Å². The SMILES string of the molecule is O=C(c1ccc2c(c1)CC(c1nc(O)c3cc(-c4cn[nH]c4)ccc3n1)CO2)C1CC1. The van der Waals surface area contributed by atoms with Gasteiger partial charge in [0.05, 0.1) is 29.6 Å². The second kappa shape index (κ2) is 6.91. The number of benzene rings is 2. The minimum absolute atomic E-state index is 0.0474. The monoisotopic (exact) mass is 412 g/mol. The third-order valence-corrected chi connectivity index (χ3v) is 6.09. The highest BCUT2D eigenvalue weighted by atomic mass is 16.5. The van der Waals surface area contributed by atoms with Crippen molar-refractivity contribution in [3.63, 3.8) is 0 Å². The van der Waals surface area contributed by atoms with Crippen molar-refractivity contribution >= 4 is 16.7 Å². The molecule has 1 aliphatic carbocycles. The Morgan fingerprint density at radius 3 is 2.81 bits per heavy atom. The van der Waals surface area contributed by atoms with Gasteiger partial charge in [0, 0.05) is 23.2 Å². The van der Waals surface area contributed by atoms with E-state index in [-0.39, 0.29) is 23.5 Å². The highest BCUT2D eigenvalue weighted by Gasteiger charge is 2.32. The number of aromatic amines is 1. The number of carbonyl (C=O) groups is 1. The summed E-state index contributed by atoms with van der Waals surface area (Å²) in [5, 5.41) is 18.0. The summed E-state index contributed by atoms with van der Waals surface area (Å²) in [5.74, 6) is 1.62. The Bertz CT molecular complexity index is 1310. The smallest absolute Gasteiger partial charge is 0.222 e. The maximum atomic E-state index is 12.4. The van der Waals surface area contributed by atoms with Gasteiger partial charge in [-0.05, 0) is 60.7 Å². The van der Waals surface area contributed by atoms with Crippen LogP contribution >= 0.6 is 0 Å². The Kier molecular flexibility index (Phi) is 4.02. The van der Waals surface area contributed by atoms with Gasteiger partial charge in [-0.25, -0.2) is 4.98 Å². The van der Waals surface area contributed by atoms with Gasteiger partial charge in [0.15, 0.2) is 5.78 Å². The Hall–Kier alpha value is -3.74. The van der Waals surface area contributed by atoms with Crippen LogP contribution in [0.4, 0.5) is 0 Å². The summed E-state index contributed by atoms with van der Waals surface area (Å²) in [6.45, 7) is 0.432. The molecule has 0 spiro atoms. The van der Waals surface area contributed by atoms with E-state index in [0.29, 0.717) is 29.8 Å². The van der Waals surface area contributed by atoms with Crippen LogP contribution in [0.25, 0.3) is 22.0 Å². The molecule has 7 heteroatoms. The Labute approximate surface area is 178 Å². The second-order valence-corrected chi connectivity index (χ2v) is 8.30. The van der Waals surface area contributed by atoms with E-state index in [4.69, 9.17) is 9.72 Å². The minimum atomic E-state index is -0.0948. The number of rotatable bonds is 4. The van der Waals surface area contributed by atoms with Gasteiger partial charge >= 0.3 is 0 Å². The fourth-order valence-electron chi connectivity index (χ4n) is 4.20. The molecule has 2 aliphatic rings. The molecule has 0 saturated heterocycles. The van der Waals surface area contributed by atoms with E-state index >= 15 is 0 Å². The molecule has 2 N–H and O–H groups in total. The first-order valence-electron chi connectivity index (χ1n) is 10.5. The molecule has 6 rings (SSSR count). The van der Waals surface area contributed by atoms with E-state index in [2.05, 4.69) is 15.2 Å². The Morgan fingerprint density at radius 2 is 2.00 bits per heavy atom. The standard InChI is InChI=1S/C24H20N4O3/c29-22(13-1-2-13)15-4-6-21-16(7-15)8-17(12-31-21)23-27-20-5-3-14(18-10-25-26-11-18)9-19(20)24(30)28-23/h3-7,9-11,13,17H,1-2,8,12H2,(H,25,26)(H,27,28,30). The quantitative estimate of drug-likeness (QED) is 0.491. The topological polar surface area (TPSA) is 101 Å². The lowest BCUT2D eigenvalue weighted by molar-refractivity contribution is 0.0967. The van der Waals surface area contributed by atoms with E-state index in [9.17, 15) is 9.90 Å². The summed E-state index contributed by atoms with van der Waals surface area (Å²) >= 11 is 0. The van der Waals surface area contributed by atoms with Gasteiger partial charge in [-0.1, -0.05) is 6.07 Å². The number of nitrogens with one attached hydrogen (secondary N) is 1. The number of hydrogen-bond donors (Lipinski definition) is 2. The van der Waals surface area contributed by atoms with Crippen LogP contribution in [0.5, 0.6) is 11.6 Å². The summed E-state index contributed by atoms with van der Waals surface area (Å²) < 4.78 is 5.94. The average Bonchev–Trinajstić information content (AvgIpc) is 3.51. The lowest BCUT2D eigenvalue weighted by Gasteiger charge is -2.25. The molecule has 0 amide bonds. The Balaban J connectivity index is 1.32. The molecule has 1 fully saturated rings. The third-order valence-electron chi connectivity index (χ3n) is 6.09. The number of aromatic hydroxyl groups is 1. The molecule has 154 valence electrons. The molecular formula is C24H20N4O3. The van der Waals surface area contributed by atoms with Gasteiger partial charge in [-0.2, -0.15) is 10.1 Å². The number of aromatic nitrogens is 4. The van der Waals surface area contributed by atoms with Crippen LogP contribution in [0.1, 0.15) is 40.5 Å². The fraction of sp³-hybridized carbons (Fsp3) is 0.250. The minimum Gasteiger partial charge on any atom is -0.493 e. The van der Waals surface area contributed by atoms with Crippen molar-refractivity contribution in [2.75, 3.05) is 6.61 Å². The van der Waals surface area contributed by atoms with Gasteiger partial charge in [0.2, 0.25) is 5.88 Å². The maximum Gasteiger partial charge on any atom is 0.222 e. The normalized spacial score (nSPS) is 17.9. The number of carbonyl (C=O) groups excluding carboxylic acids is 1. The van der Waals surface area contributed by atoms with Crippen LogP contribution in [-0.2, 0) is 6.42 Å². The predicted octanol–water partition coefficient (Wildman–Crippen LogP) is 4.04. The van der Waals surface area contributed by atoms with Crippen LogP contribution in [0.2, 0.25) is 0 Å². The summed E-state index contributed by atoms with van der Waals surface area (Å²) in [7, 11) is 0. The summed E-state index contributed by atoms with van der Waals surface area (Å²) in [4.78, 5) is 21.5. The molecule has 3 heterocycles. The first-order valence-corrected chi connectivity index (χ1v) is 10.5. The van der Waals surface area contributed by atoms with Crippen LogP contribution < -0.4 is 4.74 Å². The molecule has 1 saturated carbocycles. The van der Waals surface area contributed by atoms with Crippen molar-refractivity contribution < 1.29 is 14.6 Å². The number of fused-ring (bicyclic) bond motifs is 2. The van der Waals surface area contributed by atoms with Gasteiger partial charge in [0.25, 0.3) is 0 Å². The molecular weight excluding hydrogens is 392 g/mol. The molecule has 2 aromatic heterocycles. The van der Waals surface area contributed by atoms with Crippen molar-refractivity contribution in [3.8, 4) is 22.8 Å². The lowest BCUT2D eigenvalue weighted by Crippen LogP contribution is -2.21. The van der Waals surface area contributed by atoms with E-state index in [0.717, 1.165) is 40.8 Å². The van der Waals surface area contributed by atoms with E-state index in [1.807, 2.05) is 36.4 Å². The largest absolute Gasteiger partial charge is 0.493 e. The highest BCUT2D eigenvalue weighted by molar-refractivity contribution is 5.99. The van der Waals surface area contributed by atoms with Crippen LogP contribution in [0, 0.1) is 5.92 Å². The van der Waals surface area contributed by atoms with Crippen molar-refractivity contribution in [1.82, 2.24) is 20.2 Å². The number of hydrogen-bond acceptors (Lipinski definition) is 6. The molecule has 4 aromatic rings. The number of ether oxygens (including phenoxy) is 1. The number of H-pyrrole nitrogens is 1.